The predicted molar refractivity (Wildman–Crippen MR) is 81.9 cm³/mol. The fourth-order valence-electron chi connectivity index (χ4n) is 2.04. The lowest BCUT2D eigenvalue weighted by atomic mass is 10.0. The summed E-state index contributed by atoms with van der Waals surface area (Å²) in [6.45, 7) is 5.58. The number of benzene rings is 1. The summed E-state index contributed by atoms with van der Waals surface area (Å²) in [5, 5.41) is 4.17. The van der Waals surface area contributed by atoms with Crippen LogP contribution in [0.15, 0.2) is 24.3 Å². The molecule has 1 aromatic rings. The number of hydrogen-bond acceptors (Lipinski definition) is 3. The van der Waals surface area contributed by atoms with Crippen LogP contribution in [0.2, 0.25) is 5.02 Å². The highest BCUT2D eigenvalue weighted by Crippen LogP contribution is 2.24. The lowest BCUT2D eigenvalue weighted by Crippen LogP contribution is -2.28. The van der Waals surface area contributed by atoms with Gasteiger partial charge in [0.05, 0.1) is 6.61 Å². The summed E-state index contributed by atoms with van der Waals surface area (Å²) < 4.78 is 5.36. The lowest BCUT2D eigenvalue weighted by molar-refractivity contribution is 0.121. The van der Waals surface area contributed by atoms with E-state index in [2.05, 4.69) is 23.3 Å². The number of likely N-dealkylation sites (N-methyl/N-ethyl adjacent to an activating group) is 1. The summed E-state index contributed by atoms with van der Waals surface area (Å²) >= 11 is 6.24. The van der Waals surface area contributed by atoms with Crippen LogP contribution in [0.4, 0.5) is 0 Å². The van der Waals surface area contributed by atoms with Crippen molar-refractivity contribution in [1.29, 1.82) is 0 Å². The van der Waals surface area contributed by atoms with Crippen molar-refractivity contribution in [2.45, 2.75) is 19.4 Å². The van der Waals surface area contributed by atoms with Crippen LogP contribution in [-0.4, -0.2) is 45.3 Å². The lowest BCUT2D eigenvalue weighted by Gasteiger charge is -2.22. The predicted octanol–water partition coefficient (Wildman–Crippen LogP) is 2.96. The molecular weight excluding hydrogens is 260 g/mol. The summed E-state index contributed by atoms with van der Waals surface area (Å²) in [5.74, 6) is 0. The third-order valence-electron chi connectivity index (χ3n) is 3.25. The van der Waals surface area contributed by atoms with Crippen molar-refractivity contribution < 1.29 is 4.74 Å². The Morgan fingerprint density at radius 2 is 2.05 bits per heavy atom. The van der Waals surface area contributed by atoms with Gasteiger partial charge < -0.3 is 15.0 Å². The molecule has 1 unspecified atom stereocenters. The van der Waals surface area contributed by atoms with Crippen molar-refractivity contribution in [2.75, 3.05) is 40.4 Å². The largest absolute Gasteiger partial charge is 0.380 e. The van der Waals surface area contributed by atoms with E-state index >= 15 is 0 Å². The quantitative estimate of drug-likeness (QED) is 0.706. The van der Waals surface area contributed by atoms with E-state index in [4.69, 9.17) is 16.3 Å². The van der Waals surface area contributed by atoms with Gasteiger partial charge in [-0.15, -0.1) is 0 Å². The summed E-state index contributed by atoms with van der Waals surface area (Å²) in [4.78, 5) is 2.29. The van der Waals surface area contributed by atoms with Crippen molar-refractivity contribution in [3.63, 3.8) is 0 Å². The topological polar surface area (TPSA) is 24.5 Å². The van der Waals surface area contributed by atoms with Crippen molar-refractivity contribution in [2.24, 2.45) is 0 Å². The molecule has 0 spiro atoms. The van der Waals surface area contributed by atoms with E-state index < -0.39 is 0 Å². The highest BCUT2D eigenvalue weighted by Gasteiger charge is 2.12. The first-order valence-corrected chi connectivity index (χ1v) is 7.24. The van der Waals surface area contributed by atoms with Gasteiger partial charge in [0.2, 0.25) is 0 Å². The number of ether oxygens (including phenoxy) is 1. The van der Waals surface area contributed by atoms with Crippen molar-refractivity contribution >= 4 is 11.6 Å². The molecule has 0 fully saturated rings. The van der Waals surface area contributed by atoms with Gasteiger partial charge in [-0.05, 0) is 45.6 Å². The van der Waals surface area contributed by atoms with Gasteiger partial charge in [-0.25, -0.2) is 0 Å². The molecule has 0 saturated heterocycles. The van der Waals surface area contributed by atoms with Gasteiger partial charge >= 0.3 is 0 Å². The Labute approximate surface area is 121 Å². The zero-order valence-electron chi connectivity index (χ0n) is 12.2. The molecule has 0 aromatic heterocycles. The van der Waals surface area contributed by atoms with E-state index in [-0.39, 0.29) is 0 Å². The van der Waals surface area contributed by atoms with E-state index in [1.165, 1.54) is 5.56 Å². The van der Waals surface area contributed by atoms with E-state index in [9.17, 15) is 0 Å². The average molecular weight is 285 g/mol. The minimum absolute atomic E-state index is 0.295. The third kappa shape index (κ3) is 5.91. The molecule has 0 heterocycles. The summed E-state index contributed by atoms with van der Waals surface area (Å²) in [7, 11) is 4.10. The first-order chi connectivity index (χ1) is 9.19. The Morgan fingerprint density at radius 1 is 1.32 bits per heavy atom. The normalized spacial score (nSPS) is 12.9. The summed E-state index contributed by atoms with van der Waals surface area (Å²) in [6, 6.07) is 8.32. The van der Waals surface area contributed by atoms with Gasteiger partial charge in [0, 0.05) is 24.2 Å². The van der Waals surface area contributed by atoms with Crippen molar-refractivity contribution in [3.05, 3.63) is 34.9 Å². The molecular formula is C15H25ClN2O. The zero-order chi connectivity index (χ0) is 14.1. The maximum absolute atomic E-state index is 6.24. The molecule has 0 amide bonds. The van der Waals surface area contributed by atoms with Crippen LogP contribution >= 0.6 is 11.6 Å². The molecule has 1 aromatic carbocycles. The SMILES string of the molecule is CCOCCN(C)CCC(NC)c1ccccc1Cl. The average Bonchev–Trinajstić information content (AvgIpc) is 2.41. The van der Waals surface area contributed by atoms with Gasteiger partial charge in [0.25, 0.3) is 0 Å². The second kappa shape index (κ2) is 9.32. The van der Waals surface area contributed by atoms with E-state index in [0.29, 0.717) is 6.04 Å². The Bertz CT molecular complexity index is 360. The number of hydrogen-bond donors (Lipinski definition) is 1. The molecule has 1 rings (SSSR count). The summed E-state index contributed by atoms with van der Waals surface area (Å²) in [6.07, 6.45) is 1.03. The van der Waals surface area contributed by atoms with Crippen LogP contribution in [0.25, 0.3) is 0 Å². The van der Waals surface area contributed by atoms with E-state index in [1.54, 1.807) is 0 Å². The smallest absolute Gasteiger partial charge is 0.0593 e. The molecule has 0 aliphatic rings. The van der Waals surface area contributed by atoms with Crippen LogP contribution in [0.3, 0.4) is 0 Å². The number of halogens is 1. The monoisotopic (exact) mass is 284 g/mol. The van der Waals surface area contributed by atoms with E-state index in [0.717, 1.165) is 37.7 Å². The van der Waals surface area contributed by atoms with Crippen LogP contribution in [0, 0.1) is 0 Å². The molecule has 0 aliphatic carbocycles. The molecule has 0 bridgehead atoms. The second-order valence-electron chi connectivity index (χ2n) is 4.65. The molecule has 0 aliphatic heterocycles. The van der Waals surface area contributed by atoms with Crippen molar-refractivity contribution in [1.82, 2.24) is 10.2 Å². The van der Waals surface area contributed by atoms with Gasteiger partial charge in [0.1, 0.15) is 0 Å². The zero-order valence-corrected chi connectivity index (χ0v) is 12.9. The molecule has 108 valence electrons. The Kier molecular flexibility index (Phi) is 8.07. The molecule has 1 N–H and O–H groups in total. The molecule has 3 nitrogen and oxygen atoms in total. The second-order valence-corrected chi connectivity index (χ2v) is 5.06. The third-order valence-corrected chi connectivity index (χ3v) is 3.59. The highest BCUT2D eigenvalue weighted by molar-refractivity contribution is 6.31. The highest BCUT2D eigenvalue weighted by atomic mass is 35.5. The van der Waals surface area contributed by atoms with E-state index in [1.807, 2.05) is 32.2 Å². The Balaban J connectivity index is 2.43. The minimum Gasteiger partial charge on any atom is -0.380 e. The van der Waals surface area contributed by atoms with Gasteiger partial charge in [-0.3, -0.25) is 0 Å². The van der Waals surface area contributed by atoms with Gasteiger partial charge in [0.15, 0.2) is 0 Å². The number of nitrogens with one attached hydrogen (secondary N) is 1. The van der Waals surface area contributed by atoms with Gasteiger partial charge in [-0.1, -0.05) is 29.8 Å². The van der Waals surface area contributed by atoms with Crippen LogP contribution in [0.5, 0.6) is 0 Å². The molecule has 4 heteroatoms. The standard InChI is InChI=1S/C15H25ClN2O/c1-4-19-12-11-18(3)10-9-15(17-2)13-7-5-6-8-14(13)16/h5-8,15,17H,4,9-12H2,1-3H3. The fraction of sp³-hybridized carbons (Fsp3) is 0.600. The van der Waals surface area contributed by atoms with Crippen LogP contribution in [0.1, 0.15) is 24.9 Å². The molecule has 0 saturated carbocycles. The maximum Gasteiger partial charge on any atom is 0.0593 e. The summed E-state index contributed by atoms with van der Waals surface area (Å²) in [5.41, 5.74) is 1.17. The minimum atomic E-state index is 0.295. The van der Waals surface area contributed by atoms with Gasteiger partial charge in [-0.2, -0.15) is 0 Å². The van der Waals surface area contributed by atoms with Crippen LogP contribution in [-0.2, 0) is 4.74 Å². The molecule has 0 radical (unpaired) electrons. The first-order valence-electron chi connectivity index (χ1n) is 6.87. The Hall–Kier alpha value is -0.610. The molecule has 1 atom stereocenters. The van der Waals surface area contributed by atoms with Crippen LogP contribution < -0.4 is 5.32 Å². The first kappa shape index (κ1) is 16.4. The number of nitrogens with zero attached hydrogens (tertiary/aromatic N) is 1. The Morgan fingerprint density at radius 3 is 2.68 bits per heavy atom. The maximum atomic E-state index is 6.24. The number of rotatable bonds is 9. The molecule has 19 heavy (non-hydrogen) atoms. The van der Waals surface area contributed by atoms with Crippen molar-refractivity contribution in [3.8, 4) is 0 Å². The fourth-order valence-corrected chi connectivity index (χ4v) is 2.31.